The van der Waals surface area contributed by atoms with Crippen LogP contribution in [0.1, 0.15) is 26.3 Å². The first-order valence-electron chi connectivity index (χ1n) is 7.64. The van der Waals surface area contributed by atoms with Gasteiger partial charge in [0.25, 0.3) is 5.91 Å². The number of carbonyl (C=O) groups excluding carboxylic acids is 3. The number of nitriles is 1. The molecule has 1 amide bonds. The van der Waals surface area contributed by atoms with Crippen LogP contribution in [-0.2, 0) is 20.7 Å². The summed E-state index contributed by atoms with van der Waals surface area (Å²) < 4.78 is 9.51. The fraction of sp³-hybridized carbons (Fsp3) is 0.158. The van der Waals surface area contributed by atoms with Crippen molar-refractivity contribution in [2.24, 2.45) is 0 Å². The Labute approximate surface area is 150 Å². The smallest absolute Gasteiger partial charge is 0.338 e. The molecule has 0 radical (unpaired) electrons. The van der Waals surface area contributed by atoms with Crippen molar-refractivity contribution in [3.63, 3.8) is 0 Å². The number of benzene rings is 2. The van der Waals surface area contributed by atoms with Crippen LogP contribution < -0.4 is 5.32 Å². The molecular weight excluding hydrogens is 336 g/mol. The Kier molecular flexibility index (Phi) is 6.46. The van der Waals surface area contributed by atoms with Crippen LogP contribution in [0.3, 0.4) is 0 Å². The molecule has 26 heavy (non-hydrogen) atoms. The zero-order chi connectivity index (χ0) is 18.9. The van der Waals surface area contributed by atoms with Gasteiger partial charge in [-0.25, -0.2) is 9.59 Å². The number of amides is 1. The molecule has 0 aliphatic heterocycles. The number of carbonyl (C=O) groups is 3. The van der Waals surface area contributed by atoms with Crippen LogP contribution in [0.25, 0.3) is 0 Å². The minimum absolute atomic E-state index is 0.214. The van der Waals surface area contributed by atoms with Crippen LogP contribution in [0.4, 0.5) is 5.69 Å². The molecule has 132 valence electrons. The Bertz CT molecular complexity index is 836. The number of methoxy groups -OCH3 is 1. The zero-order valence-electron chi connectivity index (χ0n) is 14.0. The predicted octanol–water partition coefficient (Wildman–Crippen LogP) is 2.33. The Morgan fingerprint density at radius 1 is 0.962 bits per heavy atom. The molecule has 2 rings (SSSR count). The lowest BCUT2D eigenvalue weighted by Crippen LogP contribution is -2.21. The van der Waals surface area contributed by atoms with Crippen LogP contribution >= 0.6 is 0 Å². The van der Waals surface area contributed by atoms with E-state index in [4.69, 9.17) is 10.00 Å². The monoisotopic (exact) mass is 352 g/mol. The minimum atomic E-state index is -0.680. The maximum atomic E-state index is 11.9. The second-order valence-corrected chi connectivity index (χ2v) is 5.23. The standard InChI is InChI=1S/C19H16N2O5/c1-25-18(23)14-4-6-15(7-5-14)19(24)26-12-17(22)21-16-8-2-13(3-9-16)10-11-20/h2-9H,10,12H2,1H3,(H,21,22). The van der Waals surface area contributed by atoms with Crippen molar-refractivity contribution < 1.29 is 23.9 Å². The van der Waals surface area contributed by atoms with Gasteiger partial charge in [0, 0.05) is 5.69 Å². The maximum absolute atomic E-state index is 11.9. The van der Waals surface area contributed by atoms with Crippen LogP contribution in [0.2, 0.25) is 0 Å². The van der Waals surface area contributed by atoms with E-state index in [1.165, 1.54) is 31.4 Å². The molecule has 0 heterocycles. The summed E-state index contributed by atoms with van der Waals surface area (Å²) in [5.41, 5.74) is 1.90. The fourth-order valence-electron chi connectivity index (χ4n) is 2.07. The normalized spacial score (nSPS) is 9.69. The highest BCUT2D eigenvalue weighted by Gasteiger charge is 2.12. The van der Waals surface area contributed by atoms with Gasteiger partial charge in [-0.1, -0.05) is 12.1 Å². The van der Waals surface area contributed by atoms with Crippen molar-refractivity contribution in [3.05, 3.63) is 65.2 Å². The molecule has 2 aromatic rings. The number of rotatable bonds is 6. The largest absolute Gasteiger partial charge is 0.465 e. The van der Waals surface area contributed by atoms with Crippen molar-refractivity contribution in [2.45, 2.75) is 6.42 Å². The molecule has 0 aromatic heterocycles. The van der Waals surface area contributed by atoms with Gasteiger partial charge in [-0.2, -0.15) is 5.26 Å². The Balaban J connectivity index is 1.85. The third-order valence-corrected chi connectivity index (χ3v) is 3.40. The van der Waals surface area contributed by atoms with Crippen molar-refractivity contribution in [1.82, 2.24) is 0 Å². The van der Waals surface area contributed by atoms with E-state index in [1.54, 1.807) is 24.3 Å². The van der Waals surface area contributed by atoms with E-state index < -0.39 is 24.5 Å². The molecule has 0 saturated carbocycles. The molecule has 2 aromatic carbocycles. The van der Waals surface area contributed by atoms with Crippen molar-refractivity contribution in [3.8, 4) is 6.07 Å². The number of esters is 2. The Morgan fingerprint density at radius 3 is 2.08 bits per heavy atom. The first kappa shape index (κ1) is 18.7. The highest BCUT2D eigenvalue weighted by atomic mass is 16.5. The zero-order valence-corrected chi connectivity index (χ0v) is 14.0. The van der Waals surface area contributed by atoms with Gasteiger partial charge in [0.2, 0.25) is 0 Å². The second-order valence-electron chi connectivity index (χ2n) is 5.23. The number of nitrogens with one attached hydrogen (secondary N) is 1. The molecule has 0 unspecified atom stereocenters. The average Bonchev–Trinajstić information content (AvgIpc) is 2.67. The topological polar surface area (TPSA) is 105 Å². The molecular formula is C19H16N2O5. The number of hydrogen-bond donors (Lipinski definition) is 1. The predicted molar refractivity (Wildman–Crippen MR) is 92.5 cm³/mol. The van der Waals surface area contributed by atoms with Crippen LogP contribution in [0.5, 0.6) is 0 Å². The SMILES string of the molecule is COC(=O)c1ccc(C(=O)OCC(=O)Nc2ccc(CC#N)cc2)cc1. The number of ether oxygens (including phenoxy) is 2. The molecule has 0 aliphatic rings. The third-order valence-electron chi connectivity index (χ3n) is 3.40. The van der Waals surface area contributed by atoms with E-state index in [0.29, 0.717) is 17.7 Å². The minimum Gasteiger partial charge on any atom is -0.465 e. The van der Waals surface area contributed by atoms with Gasteiger partial charge in [0.1, 0.15) is 0 Å². The lowest BCUT2D eigenvalue weighted by molar-refractivity contribution is -0.119. The van der Waals surface area contributed by atoms with Gasteiger partial charge in [-0.15, -0.1) is 0 Å². The highest BCUT2D eigenvalue weighted by Crippen LogP contribution is 2.10. The van der Waals surface area contributed by atoms with E-state index in [1.807, 2.05) is 6.07 Å². The number of anilines is 1. The lowest BCUT2D eigenvalue weighted by atomic mass is 10.1. The summed E-state index contributed by atoms with van der Waals surface area (Å²) in [6, 6.07) is 14.5. The summed E-state index contributed by atoms with van der Waals surface area (Å²) in [7, 11) is 1.26. The van der Waals surface area contributed by atoms with Gasteiger partial charge < -0.3 is 14.8 Å². The summed E-state index contributed by atoms with van der Waals surface area (Å²) in [5.74, 6) is -1.68. The maximum Gasteiger partial charge on any atom is 0.338 e. The molecule has 0 atom stereocenters. The third kappa shape index (κ3) is 5.18. The van der Waals surface area contributed by atoms with Gasteiger partial charge in [0.05, 0.1) is 30.7 Å². The quantitative estimate of drug-likeness (QED) is 0.800. The summed E-state index contributed by atoms with van der Waals surface area (Å²) >= 11 is 0. The molecule has 0 spiro atoms. The van der Waals surface area contributed by atoms with Gasteiger partial charge in [0.15, 0.2) is 6.61 Å². The number of nitrogens with zero attached hydrogens (tertiary/aromatic N) is 1. The first-order valence-corrected chi connectivity index (χ1v) is 7.64. The summed E-state index contributed by atoms with van der Waals surface area (Å²) in [4.78, 5) is 35.1. The van der Waals surface area contributed by atoms with E-state index in [0.717, 1.165) is 5.56 Å². The highest BCUT2D eigenvalue weighted by molar-refractivity contribution is 5.96. The van der Waals surface area contributed by atoms with Gasteiger partial charge in [-0.05, 0) is 42.0 Å². The second kappa shape index (κ2) is 8.99. The van der Waals surface area contributed by atoms with Gasteiger partial charge in [-0.3, -0.25) is 4.79 Å². The van der Waals surface area contributed by atoms with E-state index in [-0.39, 0.29) is 5.56 Å². The first-order chi connectivity index (χ1) is 12.5. The molecule has 7 heteroatoms. The van der Waals surface area contributed by atoms with E-state index in [9.17, 15) is 14.4 Å². The number of hydrogen-bond acceptors (Lipinski definition) is 6. The van der Waals surface area contributed by atoms with E-state index >= 15 is 0 Å². The molecule has 7 nitrogen and oxygen atoms in total. The molecule has 0 fully saturated rings. The average molecular weight is 352 g/mol. The Hall–Kier alpha value is -3.66. The van der Waals surface area contributed by atoms with Crippen LogP contribution in [0.15, 0.2) is 48.5 Å². The van der Waals surface area contributed by atoms with Crippen LogP contribution in [0, 0.1) is 11.3 Å². The molecule has 1 N–H and O–H groups in total. The van der Waals surface area contributed by atoms with Crippen LogP contribution in [-0.4, -0.2) is 31.6 Å². The molecule has 0 saturated heterocycles. The Morgan fingerprint density at radius 2 is 1.54 bits per heavy atom. The molecule has 0 bridgehead atoms. The summed E-state index contributed by atoms with van der Waals surface area (Å²) in [6.45, 7) is -0.447. The van der Waals surface area contributed by atoms with Crippen molar-refractivity contribution in [1.29, 1.82) is 5.26 Å². The molecule has 0 aliphatic carbocycles. The lowest BCUT2D eigenvalue weighted by Gasteiger charge is -2.07. The van der Waals surface area contributed by atoms with Gasteiger partial charge >= 0.3 is 11.9 Å². The van der Waals surface area contributed by atoms with Crippen molar-refractivity contribution >= 4 is 23.5 Å². The summed E-state index contributed by atoms with van der Waals surface area (Å²) in [6.07, 6.45) is 0.292. The van der Waals surface area contributed by atoms with E-state index in [2.05, 4.69) is 10.1 Å². The van der Waals surface area contributed by atoms with Crippen molar-refractivity contribution in [2.75, 3.05) is 19.0 Å². The fourth-order valence-corrected chi connectivity index (χ4v) is 2.07. The summed E-state index contributed by atoms with van der Waals surface area (Å²) in [5, 5.41) is 11.2.